The summed E-state index contributed by atoms with van der Waals surface area (Å²) in [5, 5.41) is 6.03. The number of hydrogen-bond acceptors (Lipinski definition) is 4. The van der Waals surface area contributed by atoms with Gasteiger partial charge in [0.2, 0.25) is 5.95 Å². The lowest BCUT2D eigenvalue weighted by Gasteiger charge is -2.15. The van der Waals surface area contributed by atoms with E-state index in [4.69, 9.17) is 11.6 Å². The Kier molecular flexibility index (Phi) is 4.88. The highest BCUT2D eigenvalue weighted by Crippen LogP contribution is 2.41. The summed E-state index contributed by atoms with van der Waals surface area (Å²) in [5.74, 6) is 1.44. The smallest absolute Gasteiger partial charge is 0.351 e. The molecule has 0 amide bonds. The zero-order valence-corrected chi connectivity index (χ0v) is 15.4. The average Bonchev–Trinajstić information content (AvgIpc) is 3.34. The van der Waals surface area contributed by atoms with Gasteiger partial charge in [-0.3, -0.25) is 0 Å². The van der Waals surface area contributed by atoms with Crippen LogP contribution in [0.2, 0.25) is 5.02 Å². The number of hydrogen-bond donors (Lipinski definition) is 2. The molecule has 144 valence electrons. The van der Waals surface area contributed by atoms with E-state index in [1.807, 2.05) is 6.07 Å². The maximum atomic E-state index is 13.1. The normalized spacial score (nSPS) is 17.9. The van der Waals surface area contributed by atoms with Crippen molar-refractivity contribution in [3.8, 4) is 0 Å². The van der Waals surface area contributed by atoms with Gasteiger partial charge in [-0.2, -0.15) is 18.2 Å². The van der Waals surface area contributed by atoms with E-state index in [0.717, 1.165) is 37.4 Å². The molecule has 0 saturated heterocycles. The molecular formula is C19H20ClF3N4. The molecule has 0 aliphatic heterocycles. The average molecular weight is 397 g/mol. The second kappa shape index (κ2) is 7.19. The predicted molar refractivity (Wildman–Crippen MR) is 99.6 cm³/mol. The van der Waals surface area contributed by atoms with Gasteiger partial charge in [0, 0.05) is 23.7 Å². The molecule has 2 aliphatic rings. The quantitative estimate of drug-likeness (QED) is 0.638. The van der Waals surface area contributed by atoms with Crippen LogP contribution < -0.4 is 10.6 Å². The maximum absolute atomic E-state index is 13.1. The molecule has 27 heavy (non-hydrogen) atoms. The molecule has 0 radical (unpaired) electrons. The molecule has 2 aromatic rings. The fraction of sp³-hybridized carbons (Fsp3) is 0.474. The SMILES string of the molecule is FC(F)(F)c1cc(Nc2cc(C3CC3)nc(NC3CCCC3)n2)ccc1Cl. The molecule has 2 N–H and O–H groups in total. The molecule has 0 unspecified atom stereocenters. The molecule has 1 aromatic carbocycles. The number of aromatic nitrogens is 2. The van der Waals surface area contributed by atoms with Gasteiger partial charge in [0.05, 0.1) is 16.3 Å². The summed E-state index contributed by atoms with van der Waals surface area (Å²) in [6, 6.07) is 5.94. The fourth-order valence-corrected chi connectivity index (χ4v) is 3.63. The van der Waals surface area contributed by atoms with Gasteiger partial charge in [0.15, 0.2) is 0 Å². The van der Waals surface area contributed by atoms with E-state index in [0.29, 0.717) is 29.4 Å². The van der Waals surface area contributed by atoms with E-state index < -0.39 is 11.7 Å². The molecule has 4 rings (SSSR count). The van der Waals surface area contributed by atoms with Crippen LogP contribution in [0.25, 0.3) is 0 Å². The monoisotopic (exact) mass is 396 g/mol. The number of nitrogens with one attached hydrogen (secondary N) is 2. The predicted octanol–water partition coefficient (Wildman–Crippen LogP) is 6.12. The Balaban J connectivity index is 1.60. The van der Waals surface area contributed by atoms with Crippen LogP contribution in [0.3, 0.4) is 0 Å². The third-order valence-electron chi connectivity index (χ3n) is 4.97. The summed E-state index contributed by atoms with van der Waals surface area (Å²) >= 11 is 5.70. The summed E-state index contributed by atoms with van der Waals surface area (Å²) in [4.78, 5) is 9.08. The highest BCUT2D eigenvalue weighted by Gasteiger charge is 2.33. The van der Waals surface area contributed by atoms with Crippen LogP contribution in [0.1, 0.15) is 55.7 Å². The van der Waals surface area contributed by atoms with Gasteiger partial charge in [-0.25, -0.2) is 4.98 Å². The zero-order valence-electron chi connectivity index (χ0n) is 14.6. The molecule has 2 fully saturated rings. The summed E-state index contributed by atoms with van der Waals surface area (Å²) in [7, 11) is 0. The van der Waals surface area contributed by atoms with E-state index in [1.165, 1.54) is 25.0 Å². The van der Waals surface area contributed by atoms with Crippen molar-refractivity contribution in [2.24, 2.45) is 0 Å². The lowest BCUT2D eigenvalue weighted by Crippen LogP contribution is -2.17. The summed E-state index contributed by atoms with van der Waals surface area (Å²) in [6.45, 7) is 0. The molecule has 1 aromatic heterocycles. The zero-order chi connectivity index (χ0) is 19.0. The van der Waals surface area contributed by atoms with Crippen molar-refractivity contribution in [1.29, 1.82) is 0 Å². The van der Waals surface area contributed by atoms with Crippen molar-refractivity contribution >= 4 is 29.1 Å². The summed E-state index contributed by atoms with van der Waals surface area (Å²) < 4.78 is 39.3. The van der Waals surface area contributed by atoms with Crippen LogP contribution in [0.4, 0.5) is 30.6 Å². The van der Waals surface area contributed by atoms with Crippen LogP contribution in [0, 0.1) is 0 Å². The first-order chi connectivity index (χ1) is 12.9. The van der Waals surface area contributed by atoms with Crippen LogP contribution in [-0.2, 0) is 6.18 Å². The third-order valence-corrected chi connectivity index (χ3v) is 5.30. The molecule has 2 aliphatic carbocycles. The van der Waals surface area contributed by atoms with Crippen LogP contribution >= 0.6 is 11.6 Å². The van der Waals surface area contributed by atoms with Crippen molar-refractivity contribution < 1.29 is 13.2 Å². The molecule has 0 spiro atoms. The van der Waals surface area contributed by atoms with Gasteiger partial charge in [0.25, 0.3) is 0 Å². The second-order valence-electron chi connectivity index (χ2n) is 7.22. The maximum Gasteiger partial charge on any atom is 0.417 e. The third kappa shape index (κ3) is 4.46. The fourth-order valence-electron chi connectivity index (χ4n) is 3.40. The largest absolute Gasteiger partial charge is 0.417 e. The molecule has 0 atom stereocenters. The molecule has 8 heteroatoms. The molecule has 2 saturated carbocycles. The molecule has 1 heterocycles. The topological polar surface area (TPSA) is 49.8 Å². The standard InChI is InChI=1S/C19H20ClF3N4/c20-15-8-7-13(9-14(15)19(21,22)23)24-17-10-16(11-5-6-11)26-18(27-17)25-12-3-1-2-4-12/h7-12H,1-6H2,(H2,24,25,26,27). The number of nitrogens with zero attached hydrogens (tertiary/aromatic N) is 2. The van der Waals surface area contributed by atoms with Crippen molar-refractivity contribution in [3.05, 3.63) is 40.5 Å². The Bertz CT molecular complexity index is 830. The number of benzene rings is 1. The second-order valence-corrected chi connectivity index (χ2v) is 7.63. The van der Waals surface area contributed by atoms with Crippen molar-refractivity contribution in [2.45, 2.75) is 56.7 Å². The van der Waals surface area contributed by atoms with Crippen molar-refractivity contribution in [1.82, 2.24) is 9.97 Å². The molecule has 4 nitrogen and oxygen atoms in total. The van der Waals surface area contributed by atoms with Gasteiger partial charge in [-0.1, -0.05) is 24.4 Å². The highest BCUT2D eigenvalue weighted by atomic mass is 35.5. The Labute approximate surface area is 160 Å². The first-order valence-electron chi connectivity index (χ1n) is 9.18. The number of anilines is 3. The van der Waals surface area contributed by atoms with E-state index in [1.54, 1.807) is 0 Å². The lowest BCUT2D eigenvalue weighted by atomic mass is 10.2. The number of halogens is 4. The van der Waals surface area contributed by atoms with Crippen molar-refractivity contribution in [2.75, 3.05) is 10.6 Å². The number of alkyl halides is 3. The summed E-state index contributed by atoms with van der Waals surface area (Å²) in [5.41, 5.74) is 0.354. The Hall–Kier alpha value is -2.02. The highest BCUT2D eigenvalue weighted by molar-refractivity contribution is 6.31. The van der Waals surface area contributed by atoms with Crippen LogP contribution in [0.15, 0.2) is 24.3 Å². The minimum absolute atomic E-state index is 0.291. The molecular weight excluding hydrogens is 377 g/mol. The minimum Gasteiger partial charge on any atom is -0.351 e. The van der Waals surface area contributed by atoms with E-state index in [2.05, 4.69) is 20.6 Å². The van der Waals surface area contributed by atoms with Gasteiger partial charge in [0.1, 0.15) is 5.82 Å². The Morgan fingerprint density at radius 2 is 1.74 bits per heavy atom. The van der Waals surface area contributed by atoms with Gasteiger partial charge in [-0.05, 0) is 43.9 Å². The van der Waals surface area contributed by atoms with Gasteiger partial charge in [-0.15, -0.1) is 0 Å². The number of rotatable bonds is 5. The van der Waals surface area contributed by atoms with Gasteiger partial charge >= 0.3 is 6.18 Å². The van der Waals surface area contributed by atoms with Crippen LogP contribution in [0.5, 0.6) is 0 Å². The molecule has 0 bridgehead atoms. The Morgan fingerprint density at radius 3 is 2.41 bits per heavy atom. The minimum atomic E-state index is -4.51. The summed E-state index contributed by atoms with van der Waals surface area (Å²) in [6.07, 6.45) is 2.22. The first kappa shape index (κ1) is 18.3. The van der Waals surface area contributed by atoms with E-state index >= 15 is 0 Å². The first-order valence-corrected chi connectivity index (χ1v) is 9.55. The lowest BCUT2D eigenvalue weighted by molar-refractivity contribution is -0.137. The van der Waals surface area contributed by atoms with Crippen LogP contribution in [-0.4, -0.2) is 16.0 Å². The van der Waals surface area contributed by atoms with E-state index in [9.17, 15) is 13.2 Å². The van der Waals surface area contributed by atoms with E-state index in [-0.39, 0.29) is 5.02 Å². The van der Waals surface area contributed by atoms with Gasteiger partial charge < -0.3 is 10.6 Å². The van der Waals surface area contributed by atoms with Crippen molar-refractivity contribution in [3.63, 3.8) is 0 Å². The Morgan fingerprint density at radius 1 is 1.00 bits per heavy atom.